The van der Waals surface area contributed by atoms with Crippen molar-refractivity contribution in [2.45, 2.75) is 32.2 Å². The van der Waals surface area contributed by atoms with E-state index in [1.165, 1.54) is 29.4 Å². The zero-order chi connectivity index (χ0) is 12.5. The van der Waals surface area contributed by atoms with Gasteiger partial charge in [0.05, 0.1) is 7.11 Å². The molecule has 96 valence electrons. The zero-order valence-corrected chi connectivity index (χ0v) is 11.0. The maximum Gasteiger partial charge on any atom is 0.131 e. The number of aromatic amines is 1. The number of hydrogen-bond donors (Lipinski definition) is 2. The lowest BCUT2D eigenvalue weighted by molar-refractivity contribution is 0.412. The Labute approximate surface area is 108 Å². The molecule has 0 spiro atoms. The second kappa shape index (κ2) is 4.65. The molecule has 0 saturated carbocycles. The van der Waals surface area contributed by atoms with E-state index in [0.717, 1.165) is 24.2 Å². The number of nitrogens with one attached hydrogen (secondary N) is 2. The third-order valence-electron chi connectivity index (χ3n) is 3.91. The number of aryl methyl sites for hydroxylation is 1. The van der Waals surface area contributed by atoms with Crippen LogP contribution in [0.2, 0.25) is 0 Å². The summed E-state index contributed by atoms with van der Waals surface area (Å²) in [6.45, 7) is 3.28. The van der Waals surface area contributed by atoms with Crippen LogP contribution in [-0.4, -0.2) is 24.7 Å². The Morgan fingerprint density at radius 2 is 2.28 bits per heavy atom. The van der Waals surface area contributed by atoms with E-state index < -0.39 is 0 Å². The molecule has 3 nitrogen and oxygen atoms in total. The monoisotopic (exact) mass is 244 g/mol. The first-order valence-corrected chi connectivity index (χ1v) is 6.66. The standard InChI is InChI=1S/C15H20N2O/c1-10-9-17-13-6-5-11(15(18-2)14(10)13)8-12-4-3-7-16-12/h5-6,9,12,16-17H,3-4,7-8H2,1-2H3. The lowest BCUT2D eigenvalue weighted by Crippen LogP contribution is -2.23. The summed E-state index contributed by atoms with van der Waals surface area (Å²) in [5.41, 5.74) is 3.72. The highest BCUT2D eigenvalue weighted by molar-refractivity contribution is 5.90. The van der Waals surface area contributed by atoms with Crippen LogP contribution in [0.1, 0.15) is 24.0 Å². The van der Waals surface area contributed by atoms with Crippen LogP contribution >= 0.6 is 0 Å². The number of H-pyrrole nitrogens is 1. The minimum Gasteiger partial charge on any atom is -0.496 e. The Morgan fingerprint density at radius 3 is 3.00 bits per heavy atom. The number of aromatic nitrogens is 1. The first-order valence-electron chi connectivity index (χ1n) is 6.66. The molecule has 1 saturated heterocycles. The highest BCUT2D eigenvalue weighted by Gasteiger charge is 2.18. The second-order valence-electron chi connectivity index (χ2n) is 5.15. The van der Waals surface area contributed by atoms with Crippen LogP contribution in [0.5, 0.6) is 5.75 Å². The summed E-state index contributed by atoms with van der Waals surface area (Å²) < 4.78 is 5.66. The summed E-state index contributed by atoms with van der Waals surface area (Å²) in [6, 6.07) is 4.96. The van der Waals surface area contributed by atoms with Crippen molar-refractivity contribution in [1.29, 1.82) is 0 Å². The predicted octanol–water partition coefficient (Wildman–Crippen LogP) is 2.78. The molecular weight excluding hydrogens is 224 g/mol. The molecule has 2 aromatic rings. The van der Waals surface area contributed by atoms with E-state index in [-0.39, 0.29) is 0 Å². The highest BCUT2D eigenvalue weighted by Crippen LogP contribution is 2.33. The Bertz CT molecular complexity index is 553. The van der Waals surface area contributed by atoms with Crippen LogP contribution < -0.4 is 10.1 Å². The van der Waals surface area contributed by atoms with Gasteiger partial charge in [-0.05, 0) is 49.9 Å². The molecule has 1 unspecified atom stereocenters. The molecule has 3 rings (SSSR count). The van der Waals surface area contributed by atoms with E-state index in [2.05, 4.69) is 29.4 Å². The molecule has 3 heteroatoms. The second-order valence-corrected chi connectivity index (χ2v) is 5.15. The predicted molar refractivity (Wildman–Crippen MR) is 74.3 cm³/mol. The van der Waals surface area contributed by atoms with Crippen LogP contribution in [0, 0.1) is 6.92 Å². The van der Waals surface area contributed by atoms with E-state index in [1.54, 1.807) is 7.11 Å². The lowest BCUT2D eigenvalue weighted by Gasteiger charge is -2.14. The molecule has 1 aromatic heterocycles. The van der Waals surface area contributed by atoms with Gasteiger partial charge in [-0.25, -0.2) is 0 Å². The summed E-state index contributed by atoms with van der Waals surface area (Å²) in [4.78, 5) is 3.29. The number of methoxy groups -OCH3 is 1. The van der Waals surface area contributed by atoms with Crippen LogP contribution in [0.15, 0.2) is 18.3 Å². The third kappa shape index (κ3) is 1.89. The lowest BCUT2D eigenvalue weighted by atomic mass is 10.0. The Kier molecular flexibility index (Phi) is 3.00. The summed E-state index contributed by atoms with van der Waals surface area (Å²) in [6.07, 6.45) is 5.67. The SMILES string of the molecule is COc1c(CC2CCCN2)ccc2[nH]cc(C)c12. The summed E-state index contributed by atoms with van der Waals surface area (Å²) in [5, 5.41) is 4.78. The first kappa shape index (κ1) is 11.6. The van der Waals surface area contributed by atoms with E-state index in [1.807, 2.05) is 6.20 Å². The van der Waals surface area contributed by atoms with E-state index in [4.69, 9.17) is 4.74 Å². The molecule has 0 amide bonds. The first-order chi connectivity index (χ1) is 8.79. The normalized spacial score (nSPS) is 19.6. The van der Waals surface area contributed by atoms with Gasteiger partial charge in [0.15, 0.2) is 0 Å². The van der Waals surface area contributed by atoms with Gasteiger partial charge in [-0.2, -0.15) is 0 Å². The summed E-state index contributed by atoms with van der Waals surface area (Å²) >= 11 is 0. The topological polar surface area (TPSA) is 37.0 Å². The average molecular weight is 244 g/mol. The molecule has 1 atom stereocenters. The van der Waals surface area contributed by atoms with Gasteiger partial charge in [-0.15, -0.1) is 0 Å². The molecule has 1 fully saturated rings. The number of ether oxygens (including phenoxy) is 1. The fourth-order valence-electron chi connectivity index (χ4n) is 2.99. The van der Waals surface area contributed by atoms with Crippen molar-refractivity contribution in [2.24, 2.45) is 0 Å². The van der Waals surface area contributed by atoms with Gasteiger partial charge in [-0.3, -0.25) is 0 Å². The smallest absolute Gasteiger partial charge is 0.131 e. The van der Waals surface area contributed by atoms with Crippen molar-refractivity contribution in [3.63, 3.8) is 0 Å². The van der Waals surface area contributed by atoms with Crippen LogP contribution in [0.25, 0.3) is 10.9 Å². The number of rotatable bonds is 3. The van der Waals surface area contributed by atoms with E-state index >= 15 is 0 Å². The highest BCUT2D eigenvalue weighted by atomic mass is 16.5. The van der Waals surface area contributed by atoms with E-state index in [0.29, 0.717) is 6.04 Å². The minimum atomic E-state index is 0.607. The van der Waals surface area contributed by atoms with Crippen LogP contribution in [0.3, 0.4) is 0 Å². The largest absolute Gasteiger partial charge is 0.496 e. The molecule has 1 aliphatic rings. The van der Waals surface area contributed by atoms with Gasteiger partial charge in [0.2, 0.25) is 0 Å². The Morgan fingerprint density at radius 1 is 1.39 bits per heavy atom. The van der Waals surface area contributed by atoms with Gasteiger partial charge >= 0.3 is 0 Å². The minimum absolute atomic E-state index is 0.607. The molecule has 0 radical (unpaired) electrons. The van der Waals surface area contributed by atoms with Gasteiger partial charge in [0.1, 0.15) is 5.75 Å². The Balaban J connectivity index is 2.02. The Hall–Kier alpha value is -1.48. The number of fused-ring (bicyclic) bond motifs is 1. The van der Waals surface area contributed by atoms with Crippen molar-refractivity contribution in [3.05, 3.63) is 29.5 Å². The maximum absolute atomic E-state index is 5.66. The molecule has 1 aliphatic heterocycles. The van der Waals surface area contributed by atoms with Crippen molar-refractivity contribution >= 4 is 10.9 Å². The zero-order valence-electron chi connectivity index (χ0n) is 11.0. The van der Waals surface area contributed by atoms with Gasteiger partial charge in [-0.1, -0.05) is 6.07 Å². The quantitative estimate of drug-likeness (QED) is 0.871. The van der Waals surface area contributed by atoms with Crippen molar-refractivity contribution in [2.75, 3.05) is 13.7 Å². The fraction of sp³-hybridized carbons (Fsp3) is 0.467. The molecule has 2 heterocycles. The number of hydrogen-bond acceptors (Lipinski definition) is 2. The van der Waals surface area contributed by atoms with Crippen molar-refractivity contribution in [3.8, 4) is 5.75 Å². The van der Waals surface area contributed by atoms with Gasteiger partial charge in [0, 0.05) is 23.1 Å². The molecule has 0 aliphatic carbocycles. The average Bonchev–Trinajstić information content (AvgIpc) is 3.00. The summed E-state index contributed by atoms with van der Waals surface area (Å²) in [7, 11) is 1.77. The van der Waals surface area contributed by atoms with Gasteiger partial charge < -0.3 is 15.0 Å². The fourth-order valence-corrected chi connectivity index (χ4v) is 2.99. The van der Waals surface area contributed by atoms with Crippen molar-refractivity contribution < 1.29 is 4.74 Å². The molecule has 2 N–H and O–H groups in total. The van der Waals surface area contributed by atoms with Crippen LogP contribution in [-0.2, 0) is 6.42 Å². The third-order valence-corrected chi connectivity index (χ3v) is 3.91. The van der Waals surface area contributed by atoms with Gasteiger partial charge in [0.25, 0.3) is 0 Å². The molecule has 1 aromatic carbocycles. The maximum atomic E-state index is 5.66. The van der Waals surface area contributed by atoms with Crippen LogP contribution in [0.4, 0.5) is 0 Å². The molecule has 18 heavy (non-hydrogen) atoms. The van der Waals surface area contributed by atoms with Crippen molar-refractivity contribution in [1.82, 2.24) is 10.3 Å². The molecule has 0 bridgehead atoms. The molecular formula is C15H20N2O. The summed E-state index contributed by atoms with van der Waals surface area (Å²) in [5.74, 6) is 1.04. The van der Waals surface area contributed by atoms with E-state index in [9.17, 15) is 0 Å². The number of benzene rings is 1.